The van der Waals surface area contributed by atoms with Crippen LogP contribution in [0.1, 0.15) is 29.3 Å². The lowest BCUT2D eigenvalue weighted by atomic mass is 10.2. The topological polar surface area (TPSA) is 66.8 Å². The molecule has 0 aromatic heterocycles. The molecule has 0 aliphatic rings. The van der Waals surface area contributed by atoms with Gasteiger partial charge < -0.3 is 14.9 Å². The summed E-state index contributed by atoms with van der Waals surface area (Å²) in [5.41, 5.74) is 1.20. The van der Waals surface area contributed by atoms with Gasteiger partial charge in [0.2, 0.25) is 0 Å². The summed E-state index contributed by atoms with van der Waals surface area (Å²) in [5.74, 6) is 0.0522. The van der Waals surface area contributed by atoms with E-state index in [9.17, 15) is 4.79 Å². The van der Waals surface area contributed by atoms with Gasteiger partial charge in [-0.15, -0.1) is 0 Å². The van der Waals surface area contributed by atoms with E-state index >= 15 is 0 Å². The molecule has 2 aromatic rings. The summed E-state index contributed by atoms with van der Waals surface area (Å²) >= 11 is 5.65. The zero-order chi connectivity index (χ0) is 16.5. The van der Waals surface area contributed by atoms with Crippen LogP contribution in [0.5, 0.6) is 11.5 Å². The fourth-order valence-electron chi connectivity index (χ4n) is 1.47. The van der Waals surface area contributed by atoms with Gasteiger partial charge in [0.25, 0.3) is 0 Å². The molecular formula is C17H19ClO4. The SMILES string of the molecule is CCCOC(=O)c1ccc(O)cc1.Cc1c(O)cccc1Cl. The number of rotatable bonds is 3. The molecular weight excluding hydrogens is 304 g/mol. The zero-order valence-corrected chi connectivity index (χ0v) is 13.3. The summed E-state index contributed by atoms with van der Waals surface area (Å²) in [7, 11) is 0. The first kappa shape index (κ1) is 17.9. The highest BCUT2D eigenvalue weighted by Crippen LogP contribution is 2.22. The maximum absolute atomic E-state index is 11.2. The Morgan fingerprint density at radius 2 is 1.77 bits per heavy atom. The van der Waals surface area contributed by atoms with Crippen molar-refractivity contribution in [2.45, 2.75) is 20.3 Å². The van der Waals surface area contributed by atoms with Crippen molar-refractivity contribution in [1.82, 2.24) is 0 Å². The van der Waals surface area contributed by atoms with Crippen molar-refractivity contribution < 1.29 is 19.7 Å². The summed E-state index contributed by atoms with van der Waals surface area (Å²) < 4.78 is 4.90. The molecule has 0 amide bonds. The molecule has 118 valence electrons. The van der Waals surface area contributed by atoms with E-state index < -0.39 is 0 Å². The number of esters is 1. The number of phenols is 2. The van der Waals surface area contributed by atoms with Gasteiger partial charge in [0, 0.05) is 10.6 Å². The van der Waals surface area contributed by atoms with E-state index in [4.69, 9.17) is 26.6 Å². The third-order valence-electron chi connectivity index (χ3n) is 2.78. The molecule has 0 radical (unpaired) electrons. The molecule has 0 heterocycles. The zero-order valence-electron chi connectivity index (χ0n) is 12.5. The van der Waals surface area contributed by atoms with Crippen LogP contribution in [0.25, 0.3) is 0 Å². The van der Waals surface area contributed by atoms with Crippen LogP contribution in [-0.2, 0) is 4.74 Å². The first-order valence-corrected chi connectivity index (χ1v) is 7.23. The number of aromatic hydroxyl groups is 2. The molecule has 2 aromatic carbocycles. The molecule has 0 unspecified atom stereocenters. The summed E-state index contributed by atoms with van der Waals surface area (Å²) in [4.78, 5) is 11.2. The number of hydrogen-bond acceptors (Lipinski definition) is 4. The van der Waals surface area contributed by atoms with E-state index in [0.717, 1.165) is 12.0 Å². The number of phenolic OH excluding ortho intramolecular Hbond substituents is 2. The smallest absolute Gasteiger partial charge is 0.338 e. The average molecular weight is 323 g/mol. The standard InChI is InChI=1S/C10H12O3.C7H7ClO/c1-2-7-13-10(12)8-3-5-9(11)6-4-8;1-5-6(8)3-2-4-7(5)9/h3-6,11H,2,7H2,1H3;2-4,9H,1H3. The van der Waals surface area contributed by atoms with Crippen LogP contribution in [0, 0.1) is 6.92 Å². The van der Waals surface area contributed by atoms with Crippen molar-refractivity contribution in [3.05, 3.63) is 58.6 Å². The van der Waals surface area contributed by atoms with Crippen LogP contribution in [-0.4, -0.2) is 22.8 Å². The molecule has 0 aliphatic heterocycles. The summed E-state index contributed by atoms with van der Waals surface area (Å²) in [6, 6.07) is 11.1. The largest absolute Gasteiger partial charge is 0.508 e. The van der Waals surface area contributed by atoms with Crippen LogP contribution in [0.2, 0.25) is 5.02 Å². The first-order valence-electron chi connectivity index (χ1n) is 6.86. The van der Waals surface area contributed by atoms with E-state index in [1.165, 1.54) is 24.3 Å². The van der Waals surface area contributed by atoms with Crippen molar-refractivity contribution >= 4 is 17.6 Å². The highest BCUT2D eigenvalue weighted by atomic mass is 35.5. The van der Waals surface area contributed by atoms with Crippen LogP contribution in [0.15, 0.2) is 42.5 Å². The molecule has 2 rings (SSSR count). The quantitative estimate of drug-likeness (QED) is 0.826. The van der Waals surface area contributed by atoms with Crippen molar-refractivity contribution in [2.24, 2.45) is 0 Å². The molecule has 0 atom stereocenters. The molecule has 0 saturated carbocycles. The fourth-order valence-corrected chi connectivity index (χ4v) is 1.64. The highest BCUT2D eigenvalue weighted by molar-refractivity contribution is 6.31. The Hall–Kier alpha value is -2.20. The van der Waals surface area contributed by atoms with Gasteiger partial charge >= 0.3 is 5.97 Å². The maximum atomic E-state index is 11.2. The monoisotopic (exact) mass is 322 g/mol. The molecule has 0 saturated heterocycles. The minimum Gasteiger partial charge on any atom is -0.508 e. The Labute approximate surface area is 134 Å². The van der Waals surface area contributed by atoms with Crippen molar-refractivity contribution in [3.63, 3.8) is 0 Å². The molecule has 2 N–H and O–H groups in total. The van der Waals surface area contributed by atoms with Gasteiger partial charge in [0.15, 0.2) is 0 Å². The van der Waals surface area contributed by atoms with E-state index in [2.05, 4.69) is 0 Å². The molecule has 22 heavy (non-hydrogen) atoms. The van der Waals surface area contributed by atoms with Gasteiger partial charge in [-0.3, -0.25) is 0 Å². The lowest BCUT2D eigenvalue weighted by molar-refractivity contribution is 0.0505. The van der Waals surface area contributed by atoms with Gasteiger partial charge in [0.1, 0.15) is 11.5 Å². The molecule has 0 spiro atoms. The van der Waals surface area contributed by atoms with Crippen LogP contribution < -0.4 is 0 Å². The minimum atomic E-state index is -0.346. The molecule has 0 fully saturated rings. The Morgan fingerprint density at radius 1 is 1.14 bits per heavy atom. The molecule has 0 aliphatic carbocycles. The number of benzene rings is 2. The van der Waals surface area contributed by atoms with Gasteiger partial charge in [0.05, 0.1) is 12.2 Å². The number of carbonyl (C=O) groups excluding carboxylic acids is 1. The second-order valence-electron chi connectivity index (χ2n) is 4.57. The Morgan fingerprint density at radius 3 is 2.27 bits per heavy atom. The summed E-state index contributed by atoms with van der Waals surface area (Å²) in [6.07, 6.45) is 0.809. The number of ether oxygens (including phenoxy) is 1. The van der Waals surface area contributed by atoms with Crippen LogP contribution >= 0.6 is 11.6 Å². The predicted octanol–water partition coefficient (Wildman–Crippen LogP) is 4.31. The van der Waals surface area contributed by atoms with Crippen molar-refractivity contribution in [3.8, 4) is 11.5 Å². The van der Waals surface area contributed by atoms with E-state index in [-0.39, 0.29) is 17.5 Å². The Kier molecular flexibility index (Phi) is 7.26. The maximum Gasteiger partial charge on any atom is 0.338 e. The molecule has 4 nitrogen and oxygen atoms in total. The summed E-state index contributed by atoms with van der Waals surface area (Å²) in [5, 5.41) is 18.6. The van der Waals surface area contributed by atoms with Gasteiger partial charge in [-0.2, -0.15) is 0 Å². The van der Waals surface area contributed by atoms with Crippen molar-refractivity contribution in [2.75, 3.05) is 6.61 Å². The Balaban J connectivity index is 0.000000235. The second kappa shape index (κ2) is 8.95. The lowest BCUT2D eigenvalue weighted by Crippen LogP contribution is -2.05. The second-order valence-corrected chi connectivity index (χ2v) is 4.97. The number of hydrogen-bond donors (Lipinski definition) is 2. The predicted molar refractivity (Wildman–Crippen MR) is 86.5 cm³/mol. The lowest BCUT2D eigenvalue weighted by Gasteiger charge is -2.02. The van der Waals surface area contributed by atoms with Gasteiger partial charge in [-0.1, -0.05) is 24.6 Å². The van der Waals surface area contributed by atoms with Crippen LogP contribution in [0.4, 0.5) is 0 Å². The average Bonchev–Trinajstić information content (AvgIpc) is 2.51. The third-order valence-corrected chi connectivity index (χ3v) is 3.19. The first-order chi connectivity index (χ1) is 10.5. The van der Waals surface area contributed by atoms with E-state index in [0.29, 0.717) is 17.2 Å². The third kappa shape index (κ3) is 5.66. The van der Waals surface area contributed by atoms with Gasteiger partial charge in [-0.05, 0) is 49.7 Å². The van der Waals surface area contributed by atoms with Gasteiger partial charge in [-0.25, -0.2) is 4.79 Å². The highest BCUT2D eigenvalue weighted by Gasteiger charge is 2.05. The normalized spacial score (nSPS) is 9.59. The number of halogens is 1. The minimum absolute atomic E-state index is 0.145. The van der Waals surface area contributed by atoms with Crippen molar-refractivity contribution in [1.29, 1.82) is 0 Å². The Bertz CT molecular complexity index is 588. The fraction of sp³-hybridized carbons (Fsp3) is 0.235. The summed E-state index contributed by atoms with van der Waals surface area (Å²) in [6.45, 7) is 4.14. The van der Waals surface area contributed by atoms with E-state index in [1.54, 1.807) is 25.1 Å². The number of carbonyl (C=O) groups is 1. The van der Waals surface area contributed by atoms with Crippen LogP contribution in [0.3, 0.4) is 0 Å². The van der Waals surface area contributed by atoms with E-state index in [1.807, 2.05) is 6.92 Å². The molecule has 0 bridgehead atoms. The molecule has 5 heteroatoms.